The zero-order valence-corrected chi connectivity index (χ0v) is 21.2. The van der Waals surface area contributed by atoms with Crippen molar-refractivity contribution in [2.24, 2.45) is 0 Å². The standard InChI is InChI=1S/C25H28ClN7O3/c1-14(23(35)30-20(13-34)19-6-5-7-21(29-19)32(3)4)33-12-16-9-8-15(10-17(16)24(33)36)22-18(26)11-28-25(27-2)31-22/h5-11,14,20,34H,12-13H2,1-4H3,(H,30,35)(H,27,28,31). The Morgan fingerprint density at radius 1 is 1.25 bits per heavy atom. The van der Waals surface area contributed by atoms with Crippen LogP contribution in [0.4, 0.5) is 11.8 Å². The number of hydrogen-bond donors (Lipinski definition) is 3. The number of nitrogens with one attached hydrogen (secondary N) is 2. The molecule has 0 aliphatic carbocycles. The Balaban J connectivity index is 1.52. The van der Waals surface area contributed by atoms with E-state index in [-0.39, 0.29) is 18.4 Å². The summed E-state index contributed by atoms with van der Waals surface area (Å²) in [5.74, 6) is 0.476. The van der Waals surface area contributed by atoms with E-state index < -0.39 is 12.1 Å². The maximum atomic E-state index is 13.3. The first-order valence-corrected chi connectivity index (χ1v) is 11.8. The lowest BCUT2D eigenvalue weighted by atomic mass is 10.0. The summed E-state index contributed by atoms with van der Waals surface area (Å²) in [6, 6.07) is 9.36. The minimum absolute atomic E-state index is 0.262. The van der Waals surface area contributed by atoms with Crippen LogP contribution in [0.3, 0.4) is 0 Å². The van der Waals surface area contributed by atoms with E-state index in [4.69, 9.17) is 11.6 Å². The fourth-order valence-corrected chi connectivity index (χ4v) is 4.20. The van der Waals surface area contributed by atoms with E-state index in [1.165, 1.54) is 11.1 Å². The topological polar surface area (TPSA) is 124 Å². The number of halogens is 1. The van der Waals surface area contributed by atoms with Gasteiger partial charge in [-0.2, -0.15) is 0 Å². The van der Waals surface area contributed by atoms with Crippen molar-refractivity contribution in [3.05, 3.63) is 64.4 Å². The van der Waals surface area contributed by atoms with Crippen molar-refractivity contribution in [2.45, 2.75) is 25.6 Å². The Hall–Kier alpha value is -3.76. The number of carbonyl (C=O) groups is 2. The third-order valence-electron chi connectivity index (χ3n) is 6.10. The summed E-state index contributed by atoms with van der Waals surface area (Å²) < 4.78 is 0. The van der Waals surface area contributed by atoms with Crippen LogP contribution in [0.25, 0.3) is 11.3 Å². The molecular weight excluding hydrogens is 482 g/mol. The summed E-state index contributed by atoms with van der Waals surface area (Å²) in [6.07, 6.45) is 1.50. The molecule has 188 valence electrons. The molecule has 4 rings (SSSR count). The number of nitrogens with zero attached hydrogens (tertiary/aromatic N) is 5. The minimum Gasteiger partial charge on any atom is -0.394 e. The molecule has 36 heavy (non-hydrogen) atoms. The van der Waals surface area contributed by atoms with Gasteiger partial charge in [0.05, 0.1) is 35.3 Å². The molecule has 0 bridgehead atoms. The first-order chi connectivity index (χ1) is 17.2. The van der Waals surface area contributed by atoms with E-state index in [1.54, 1.807) is 26.1 Å². The Bertz CT molecular complexity index is 1300. The molecule has 3 aromatic rings. The predicted octanol–water partition coefficient (Wildman–Crippen LogP) is 2.49. The van der Waals surface area contributed by atoms with Gasteiger partial charge in [-0.15, -0.1) is 0 Å². The van der Waals surface area contributed by atoms with Crippen molar-refractivity contribution >= 4 is 35.2 Å². The molecule has 3 heterocycles. The Morgan fingerprint density at radius 3 is 2.72 bits per heavy atom. The molecule has 3 N–H and O–H groups in total. The predicted molar refractivity (Wildman–Crippen MR) is 138 cm³/mol. The summed E-state index contributed by atoms with van der Waals surface area (Å²) in [5, 5.41) is 16.0. The van der Waals surface area contributed by atoms with Crippen LogP contribution in [0.5, 0.6) is 0 Å². The highest BCUT2D eigenvalue weighted by Gasteiger charge is 2.35. The van der Waals surface area contributed by atoms with E-state index in [0.29, 0.717) is 45.8 Å². The SMILES string of the molecule is CNc1ncc(Cl)c(-c2ccc3c(c2)C(=O)N(C(C)C(=O)NC(CO)c2cccc(N(C)C)n2)C3)n1. The smallest absolute Gasteiger partial charge is 0.255 e. The highest BCUT2D eigenvalue weighted by molar-refractivity contribution is 6.33. The Labute approximate surface area is 214 Å². The third kappa shape index (κ3) is 4.95. The molecule has 0 spiro atoms. The average Bonchev–Trinajstić information content (AvgIpc) is 3.22. The fraction of sp³-hybridized carbons (Fsp3) is 0.320. The van der Waals surface area contributed by atoms with Crippen LogP contribution >= 0.6 is 11.6 Å². The number of anilines is 2. The number of aliphatic hydroxyl groups is 1. The minimum atomic E-state index is -0.766. The van der Waals surface area contributed by atoms with Gasteiger partial charge in [-0.3, -0.25) is 9.59 Å². The lowest BCUT2D eigenvalue weighted by Gasteiger charge is -2.26. The maximum absolute atomic E-state index is 13.3. The number of rotatable bonds is 8. The van der Waals surface area contributed by atoms with Crippen LogP contribution in [0.1, 0.15) is 34.6 Å². The third-order valence-corrected chi connectivity index (χ3v) is 6.38. The molecule has 0 radical (unpaired) electrons. The van der Waals surface area contributed by atoms with Crippen LogP contribution in [0.15, 0.2) is 42.6 Å². The largest absolute Gasteiger partial charge is 0.394 e. The number of fused-ring (bicyclic) bond motifs is 1. The second kappa shape index (κ2) is 10.5. The molecule has 1 aliphatic heterocycles. The lowest BCUT2D eigenvalue weighted by molar-refractivity contribution is -0.126. The van der Waals surface area contributed by atoms with Gasteiger partial charge in [-0.25, -0.2) is 15.0 Å². The van der Waals surface area contributed by atoms with Gasteiger partial charge in [0.25, 0.3) is 5.91 Å². The Morgan fingerprint density at radius 2 is 2.03 bits per heavy atom. The van der Waals surface area contributed by atoms with E-state index in [0.717, 1.165) is 5.56 Å². The fourth-order valence-electron chi connectivity index (χ4n) is 4.00. The molecule has 0 saturated heterocycles. The van der Waals surface area contributed by atoms with Crippen LogP contribution in [0.2, 0.25) is 5.02 Å². The summed E-state index contributed by atoms with van der Waals surface area (Å²) in [6.45, 7) is 1.63. The molecule has 0 saturated carbocycles. The zero-order valence-electron chi connectivity index (χ0n) is 20.5. The number of aromatic nitrogens is 3. The average molecular weight is 510 g/mol. The molecule has 2 unspecified atom stereocenters. The van der Waals surface area contributed by atoms with E-state index in [1.807, 2.05) is 43.3 Å². The van der Waals surface area contributed by atoms with Crippen LogP contribution < -0.4 is 15.5 Å². The summed E-state index contributed by atoms with van der Waals surface area (Å²) in [5.41, 5.74) is 3.02. The van der Waals surface area contributed by atoms with Crippen molar-refractivity contribution in [1.82, 2.24) is 25.2 Å². The molecule has 10 nitrogen and oxygen atoms in total. The Kier molecular flexibility index (Phi) is 7.37. The van der Waals surface area contributed by atoms with E-state index in [9.17, 15) is 14.7 Å². The molecular formula is C25H28ClN7O3. The molecule has 2 amide bonds. The van der Waals surface area contributed by atoms with Crippen molar-refractivity contribution in [1.29, 1.82) is 0 Å². The highest BCUT2D eigenvalue weighted by atomic mass is 35.5. The van der Waals surface area contributed by atoms with E-state index in [2.05, 4.69) is 25.6 Å². The first-order valence-electron chi connectivity index (χ1n) is 11.4. The van der Waals surface area contributed by atoms with Gasteiger partial charge in [-0.1, -0.05) is 29.8 Å². The molecule has 0 fully saturated rings. The van der Waals surface area contributed by atoms with Crippen molar-refractivity contribution in [3.8, 4) is 11.3 Å². The van der Waals surface area contributed by atoms with Gasteiger partial charge < -0.3 is 25.5 Å². The quantitative estimate of drug-likeness (QED) is 0.423. The molecule has 11 heteroatoms. The van der Waals surface area contributed by atoms with Gasteiger partial charge in [-0.05, 0) is 30.7 Å². The number of aliphatic hydroxyl groups excluding tert-OH is 1. The highest BCUT2D eigenvalue weighted by Crippen LogP contribution is 2.32. The van der Waals surface area contributed by atoms with Gasteiger partial charge in [0.1, 0.15) is 11.9 Å². The van der Waals surface area contributed by atoms with Gasteiger partial charge in [0.2, 0.25) is 11.9 Å². The van der Waals surface area contributed by atoms with Crippen molar-refractivity contribution < 1.29 is 14.7 Å². The summed E-state index contributed by atoms with van der Waals surface area (Å²) in [7, 11) is 5.43. The molecule has 1 aliphatic rings. The first kappa shape index (κ1) is 25.3. The van der Waals surface area contributed by atoms with Crippen molar-refractivity contribution in [2.75, 3.05) is 38.0 Å². The second-order valence-electron chi connectivity index (χ2n) is 8.68. The van der Waals surface area contributed by atoms with Crippen LogP contribution in [0, 0.1) is 0 Å². The van der Waals surface area contributed by atoms with Crippen LogP contribution in [-0.4, -0.2) is 70.6 Å². The number of carbonyl (C=O) groups excluding carboxylic acids is 2. The lowest BCUT2D eigenvalue weighted by Crippen LogP contribution is -2.47. The second-order valence-corrected chi connectivity index (χ2v) is 9.09. The summed E-state index contributed by atoms with van der Waals surface area (Å²) in [4.78, 5) is 42.7. The van der Waals surface area contributed by atoms with Crippen LogP contribution in [-0.2, 0) is 11.3 Å². The molecule has 2 atom stereocenters. The number of amides is 2. The number of benzene rings is 1. The van der Waals surface area contributed by atoms with Gasteiger partial charge in [0, 0.05) is 38.8 Å². The number of pyridine rings is 1. The maximum Gasteiger partial charge on any atom is 0.255 e. The van der Waals surface area contributed by atoms with Crippen molar-refractivity contribution in [3.63, 3.8) is 0 Å². The summed E-state index contributed by atoms with van der Waals surface area (Å²) >= 11 is 6.31. The zero-order chi connectivity index (χ0) is 26.0. The van der Waals surface area contributed by atoms with Gasteiger partial charge >= 0.3 is 0 Å². The molecule has 1 aromatic carbocycles. The van der Waals surface area contributed by atoms with Gasteiger partial charge in [0.15, 0.2) is 0 Å². The van der Waals surface area contributed by atoms with E-state index >= 15 is 0 Å². The normalized spacial score (nSPS) is 14.3. The molecule has 2 aromatic heterocycles. The monoisotopic (exact) mass is 509 g/mol. The number of hydrogen-bond acceptors (Lipinski definition) is 8.